The molecular formula is C16H13Cl4NO. The zero-order valence-corrected chi connectivity index (χ0v) is 14.5. The molecule has 3 rings (SSSR count). The first-order chi connectivity index (χ1) is 10.5. The average Bonchev–Trinajstić information content (AvgIpc) is 2.43. The van der Waals surface area contributed by atoms with Gasteiger partial charge in [0.1, 0.15) is 11.9 Å². The van der Waals surface area contributed by atoms with E-state index in [2.05, 4.69) is 5.32 Å². The van der Waals surface area contributed by atoms with Crippen LogP contribution in [0.3, 0.4) is 0 Å². The van der Waals surface area contributed by atoms with Crippen LogP contribution in [0, 0.1) is 5.92 Å². The van der Waals surface area contributed by atoms with Crippen molar-refractivity contribution < 1.29 is 4.74 Å². The van der Waals surface area contributed by atoms with Gasteiger partial charge in [0.25, 0.3) is 0 Å². The highest BCUT2D eigenvalue weighted by Gasteiger charge is 2.30. The third-order valence-electron chi connectivity index (χ3n) is 3.67. The lowest BCUT2D eigenvalue weighted by Gasteiger charge is -2.35. The molecule has 1 aliphatic rings. The van der Waals surface area contributed by atoms with Crippen molar-refractivity contribution in [2.24, 2.45) is 5.92 Å². The minimum absolute atomic E-state index is 0.117. The summed E-state index contributed by atoms with van der Waals surface area (Å²) in [5.74, 6) is 1.05. The molecule has 0 saturated carbocycles. The predicted octanol–water partition coefficient (Wildman–Crippen LogP) is 5.64. The molecule has 2 aromatic carbocycles. The van der Waals surface area contributed by atoms with Crippen LogP contribution in [0.4, 0.5) is 0 Å². The maximum atomic E-state index is 6.15. The molecule has 1 fully saturated rings. The van der Waals surface area contributed by atoms with Gasteiger partial charge >= 0.3 is 0 Å². The molecule has 0 bridgehead atoms. The number of ether oxygens (including phenoxy) is 1. The van der Waals surface area contributed by atoms with E-state index in [-0.39, 0.29) is 6.10 Å². The van der Waals surface area contributed by atoms with Gasteiger partial charge in [0.15, 0.2) is 0 Å². The van der Waals surface area contributed by atoms with Crippen LogP contribution in [0.25, 0.3) is 0 Å². The van der Waals surface area contributed by atoms with Gasteiger partial charge in [-0.2, -0.15) is 0 Å². The van der Waals surface area contributed by atoms with Gasteiger partial charge in [0, 0.05) is 25.1 Å². The summed E-state index contributed by atoms with van der Waals surface area (Å²) in [5.41, 5.74) is 0.993. The largest absolute Gasteiger partial charge is 0.485 e. The lowest BCUT2D eigenvalue weighted by molar-refractivity contribution is 0.0993. The molecule has 1 saturated heterocycles. The second-order valence-corrected chi connectivity index (χ2v) is 6.84. The van der Waals surface area contributed by atoms with Crippen LogP contribution in [0.1, 0.15) is 11.7 Å². The molecule has 116 valence electrons. The van der Waals surface area contributed by atoms with E-state index in [4.69, 9.17) is 51.1 Å². The standard InChI is InChI=1S/C16H13Cl4NO/c17-12-3-1-9(5-14(12)19)16(10-7-21-8-10)22-11-2-4-13(18)15(20)6-11/h1-6,10,16,21H,7-8H2/t16-/m0/s1. The van der Waals surface area contributed by atoms with Gasteiger partial charge in [-0.3, -0.25) is 0 Å². The highest BCUT2D eigenvalue weighted by atomic mass is 35.5. The third kappa shape index (κ3) is 3.47. The Kier molecular flexibility index (Phi) is 5.06. The Morgan fingerprint density at radius 3 is 2.05 bits per heavy atom. The molecule has 0 unspecified atom stereocenters. The SMILES string of the molecule is Clc1ccc(O[C@@H](c2ccc(Cl)c(Cl)c2)C2CNC2)cc1Cl. The van der Waals surface area contributed by atoms with Crippen molar-refractivity contribution in [3.8, 4) is 5.75 Å². The number of hydrogen-bond acceptors (Lipinski definition) is 2. The molecule has 0 aromatic heterocycles. The zero-order chi connectivity index (χ0) is 15.7. The average molecular weight is 377 g/mol. The normalized spacial score (nSPS) is 16.2. The smallest absolute Gasteiger partial charge is 0.129 e. The van der Waals surface area contributed by atoms with E-state index in [1.807, 2.05) is 18.2 Å². The Labute approximate surface area is 149 Å². The van der Waals surface area contributed by atoms with E-state index < -0.39 is 0 Å². The van der Waals surface area contributed by atoms with Gasteiger partial charge in [-0.25, -0.2) is 0 Å². The first-order valence-electron chi connectivity index (χ1n) is 6.82. The molecule has 0 spiro atoms. The Balaban J connectivity index is 1.89. The van der Waals surface area contributed by atoms with Crippen LogP contribution < -0.4 is 10.1 Å². The fourth-order valence-electron chi connectivity index (χ4n) is 2.35. The Bertz CT molecular complexity index is 688. The van der Waals surface area contributed by atoms with Gasteiger partial charge in [0.05, 0.1) is 20.1 Å². The van der Waals surface area contributed by atoms with Crippen molar-refractivity contribution in [1.82, 2.24) is 5.32 Å². The predicted molar refractivity (Wildman–Crippen MR) is 92.7 cm³/mol. The van der Waals surface area contributed by atoms with E-state index >= 15 is 0 Å². The zero-order valence-electron chi connectivity index (χ0n) is 11.5. The van der Waals surface area contributed by atoms with E-state index in [0.717, 1.165) is 18.7 Å². The number of rotatable bonds is 4. The lowest BCUT2D eigenvalue weighted by Crippen LogP contribution is -2.46. The first kappa shape index (κ1) is 16.2. The summed E-state index contributed by atoms with van der Waals surface area (Å²) in [6.07, 6.45) is -0.117. The lowest BCUT2D eigenvalue weighted by atomic mass is 9.91. The van der Waals surface area contributed by atoms with Crippen molar-refractivity contribution in [2.75, 3.05) is 13.1 Å². The molecule has 2 aromatic rings. The highest BCUT2D eigenvalue weighted by Crippen LogP contribution is 2.35. The van der Waals surface area contributed by atoms with Crippen LogP contribution in [0.5, 0.6) is 5.75 Å². The molecule has 2 nitrogen and oxygen atoms in total. The van der Waals surface area contributed by atoms with E-state index in [9.17, 15) is 0 Å². The molecule has 0 aliphatic carbocycles. The van der Waals surface area contributed by atoms with Crippen molar-refractivity contribution >= 4 is 46.4 Å². The highest BCUT2D eigenvalue weighted by molar-refractivity contribution is 6.42. The van der Waals surface area contributed by atoms with Crippen molar-refractivity contribution in [3.05, 3.63) is 62.1 Å². The molecule has 0 radical (unpaired) electrons. The molecule has 22 heavy (non-hydrogen) atoms. The molecule has 1 atom stereocenters. The topological polar surface area (TPSA) is 21.3 Å². The summed E-state index contributed by atoms with van der Waals surface area (Å²) in [5, 5.41) is 5.29. The summed E-state index contributed by atoms with van der Waals surface area (Å²) < 4.78 is 6.15. The number of hydrogen-bond donors (Lipinski definition) is 1. The summed E-state index contributed by atoms with van der Waals surface area (Å²) in [4.78, 5) is 0. The fourth-order valence-corrected chi connectivity index (χ4v) is 2.94. The number of benzene rings is 2. The Hall–Kier alpha value is -0.640. The van der Waals surface area contributed by atoms with Crippen LogP contribution >= 0.6 is 46.4 Å². The Morgan fingerprint density at radius 1 is 0.864 bits per heavy atom. The van der Waals surface area contributed by atoms with Crippen LogP contribution in [-0.4, -0.2) is 13.1 Å². The molecule has 1 heterocycles. The first-order valence-corrected chi connectivity index (χ1v) is 8.33. The summed E-state index contributed by atoms with van der Waals surface area (Å²) in [6.45, 7) is 1.79. The number of halogens is 4. The van der Waals surface area contributed by atoms with Crippen molar-refractivity contribution in [1.29, 1.82) is 0 Å². The third-order valence-corrected chi connectivity index (χ3v) is 5.15. The molecule has 0 amide bonds. The van der Waals surface area contributed by atoms with Gasteiger partial charge in [-0.15, -0.1) is 0 Å². The molecule has 1 aliphatic heterocycles. The minimum atomic E-state index is -0.117. The van der Waals surface area contributed by atoms with Gasteiger partial charge in [-0.05, 0) is 29.8 Å². The van der Waals surface area contributed by atoms with Gasteiger partial charge in [0.2, 0.25) is 0 Å². The van der Waals surface area contributed by atoms with Crippen LogP contribution in [0.2, 0.25) is 20.1 Å². The summed E-state index contributed by atoms with van der Waals surface area (Å²) in [7, 11) is 0. The van der Waals surface area contributed by atoms with E-state index in [0.29, 0.717) is 31.8 Å². The van der Waals surface area contributed by atoms with Crippen LogP contribution in [-0.2, 0) is 0 Å². The van der Waals surface area contributed by atoms with Gasteiger partial charge < -0.3 is 10.1 Å². The van der Waals surface area contributed by atoms with E-state index in [1.54, 1.807) is 18.2 Å². The van der Waals surface area contributed by atoms with E-state index in [1.165, 1.54) is 0 Å². The minimum Gasteiger partial charge on any atom is -0.485 e. The van der Waals surface area contributed by atoms with Gasteiger partial charge in [-0.1, -0.05) is 52.5 Å². The second-order valence-electron chi connectivity index (χ2n) is 5.21. The summed E-state index contributed by atoms with van der Waals surface area (Å²) in [6, 6.07) is 10.8. The molecular weight excluding hydrogens is 364 g/mol. The number of nitrogens with one attached hydrogen (secondary N) is 1. The summed E-state index contributed by atoms with van der Waals surface area (Å²) >= 11 is 24.1. The van der Waals surface area contributed by atoms with Crippen molar-refractivity contribution in [3.63, 3.8) is 0 Å². The maximum Gasteiger partial charge on any atom is 0.129 e. The monoisotopic (exact) mass is 375 g/mol. The van der Waals surface area contributed by atoms with Crippen LogP contribution in [0.15, 0.2) is 36.4 Å². The second kappa shape index (κ2) is 6.86. The maximum absolute atomic E-state index is 6.15. The quantitative estimate of drug-likeness (QED) is 0.745. The Morgan fingerprint density at radius 2 is 1.50 bits per heavy atom. The molecule has 6 heteroatoms. The van der Waals surface area contributed by atoms with Crippen molar-refractivity contribution in [2.45, 2.75) is 6.10 Å². The molecule has 1 N–H and O–H groups in total. The fraction of sp³-hybridized carbons (Fsp3) is 0.250.